The average Bonchev–Trinajstić information content (AvgIpc) is 3.54. The molecule has 2 unspecified atom stereocenters. The summed E-state index contributed by atoms with van der Waals surface area (Å²) >= 11 is 0. The molecule has 1 fully saturated rings. The molecule has 35 heavy (non-hydrogen) atoms. The standard InChI is InChI=1S/C25H32N6O3S/c1-15(2)22-23(17-12-21(34-3)25-27-14-28-31(25)13-17)30-20-8-7-19(29-24(20)22)16-5-6-18(11-16)26-9-10-35(4,32)33/h7-8,12-16,18,26,30H,5-6,9-11H2,1-4H3. The van der Waals surface area contributed by atoms with Crippen molar-refractivity contribution in [2.45, 2.75) is 51.0 Å². The Morgan fingerprint density at radius 2 is 2.11 bits per heavy atom. The molecule has 1 aliphatic carbocycles. The van der Waals surface area contributed by atoms with E-state index in [2.05, 4.69) is 46.4 Å². The highest BCUT2D eigenvalue weighted by molar-refractivity contribution is 7.90. The van der Waals surface area contributed by atoms with Gasteiger partial charge in [0.1, 0.15) is 16.2 Å². The van der Waals surface area contributed by atoms with E-state index in [1.54, 1.807) is 11.6 Å². The second-order valence-electron chi connectivity index (χ2n) is 9.82. The minimum atomic E-state index is -2.95. The lowest BCUT2D eigenvalue weighted by atomic mass is 9.97. The van der Waals surface area contributed by atoms with Crippen molar-refractivity contribution in [1.82, 2.24) is 29.9 Å². The van der Waals surface area contributed by atoms with Crippen LogP contribution in [0.4, 0.5) is 0 Å². The molecule has 0 aliphatic heterocycles. The molecule has 10 heteroatoms. The van der Waals surface area contributed by atoms with Gasteiger partial charge in [-0.05, 0) is 43.4 Å². The van der Waals surface area contributed by atoms with Crippen molar-refractivity contribution in [3.63, 3.8) is 0 Å². The zero-order valence-corrected chi connectivity index (χ0v) is 21.4. The molecule has 2 N–H and O–H groups in total. The van der Waals surface area contributed by atoms with Gasteiger partial charge in [-0.2, -0.15) is 5.10 Å². The summed E-state index contributed by atoms with van der Waals surface area (Å²) < 4.78 is 30.2. The molecular weight excluding hydrogens is 464 g/mol. The Morgan fingerprint density at radius 3 is 2.86 bits per heavy atom. The zero-order valence-electron chi connectivity index (χ0n) is 20.6. The van der Waals surface area contributed by atoms with Crippen molar-refractivity contribution >= 4 is 26.5 Å². The van der Waals surface area contributed by atoms with Crippen molar-refractivity contribution in [3.8, 4) is 17.0 Å². The number of fused-ring (bicyclic) bond motifs is 2. The van der Waals surface area contributed by atoms with Crippen LogP contribution >= 0.6 is 0 Å². The van der Waals surface area contributed by atoms with E-state index >= 15 is 0 Å². The molecule has 0 aromatic carbocycles. The van der Waals surface area contributed by atoms with E-state index in [0.717, 1.165) is 47.2 Å². The van der Waals surface area contributed by atoms with Crippen molar-refractivity contribution in [3.05, 3.63) is 42.0 Å². The number of hydrogen-bond acceptors (Lipinski definition) is 7. The van der Waals surface area contributed by atoms with E-state index in [4.69, 9.17) is 9.72 Å². The van der Waals surface area contributed by atoms with Gasteiger partial charge in [0.25, 0.3) is 0 Å². The molecule has 186 valence electrons. The summed E-state index contributed by atoms with van der Waals surface area (Å²) in [7, 11) is -1.31. The van der Waals surface area contributed by atoms with Gasteiger partial charge in [-0.1, -0.05) is 13.8 Å². The van der Waals surface area contributed by atoms with Crippen molar-refractivity contribution < 1.29 is 13.2 Å². The van der Waals surface area contributed by atoms with Gasteiger partial charge in [-0.25, -0.2) is 17.9 Å². The number of ether oxygens (including phenoxy) is 1. The molecule has 0 amide bonds. The molecule has 5 rings (SSSR count). The fourth-order valence-corrected chi connectivity index (χ4v) is 5.67. The normalized spacial score (nSPS) is 18.8. The number of methoxy groups -OCH3 is 1. The van der Waals surface area contributed by atoms with Crippen molar-refractivity contribution in [1.29, 1.82) is 0 Å². The Kier molecular flexibility index (Phi) is 6.27. The van der Waals surface area contributed by atoms with E-state index in [0.29, 0.717) is 29.9 Å². The van der Waals surface area contributed by atoms with Crippen LogP contribution in [-0.4, -0.2) is 64.7 Å². The fraction of sp³-hybridized carbons (Fsp3) is 0.480. The zero-order chi connectivity index (χ0) is 24.7. The van der Waals surface area contributed by atoms with Crippen LogP contribution in [-0.2, 0) is 9.84 Å². The summed E-state index contributed by atoms with van der Waals surface area (Å²) in [6, 6.07) is 6.57. The van der Waals surface area contributed by atoms with Crippen LogP contribution < -0.4 is 10.1 Å². The molecule has 0 bridgehead atoms. The van der Waals surface area contributed by atoms with E-state index < -0.39 is 9.84 Å². The topological polar surface area (TPSA) is 114 Å². The molecular formula is C25H32N6O3S. The monoisotopic (exact) mass is 496 g/mol. The predicted octanol–water partition coefficient (Wildman–Crippen LogP) is 3.67. The quantitative estimate of drug-likeness (QED) is 0.382. The summed E-state index contributed by atoms with van der Waals surface area (Å²) in [5.74, 6) is 1.46. The van der Waals surface area contributed by atoms with Crippen molar-refractivity contribution in [2.75, 3.05) is 25.7 Å². The maximum atomic E-state index is 11.4. The summed E-state index contributed by atoms with van der Waals surface area (Å²) in [6.07, 6.45) is 7.81. The van der Waals surface area contributed by atoms with Gasteiger partial charge in [0.2, 0.25) is 0 Å². The first-order valence-corrected chi connectivity index (χ1v) is 14.1. The third-order valence-electron chi connectivity index (χ3n) is 6.89. The van der Waals surface area contributed by atoms with Crippen LogP contribution in [0.3, 0.4) is 0 Å². The Balaban J connectivity index is 1.46. The molecule has 0 radical (unpaired) electrons. The Bertz CT molecular complexity index is 1470. The Labute approximate surface area is 205 Å². The number of aromatic amines is 1. The van der Waals surface area contributed by atoms with Crippen LogP contribution in [0.15, 0.2) is 30.7 Å². The highest BCUT2D eigenvalue weighted by Crippen LogP contribution is 2.39. The number of nitrogens with zero attached hydrogens (tertiary/aromatic N) is 4. The molecule has 1 aliphatic rings. The van der Waals surface area contributed by atoms with Crippen LogP contribution in [0.25, 0.3) is 27.9 Å². The van der Waals surface area contributed by atoms with E-state index in [1.165, 1.54) is 18.1 Å². The third kappa shape index (κ3) is 4.77. The molecule has 1 saturated carbocycles. The lowest BCUT2D eigenvalue weighted by molar-refractivity contribution is 0.416. The maximum Gasteiger partial charge on any atom is 0.197 e. The summed E-state index contributed by atoms with van der Waals surface area (Å²) in [6.45, 7) is 4.87. The highest BCUT2D eigenvalue weighted by atomic mass is 32.2. The first-order chi connectivity index (χ1) is 16.7. The summed E-state index contributed by atoms with van der Waals surface area (Å²) in [4.78, 5) is 13.0. The lowest BCUT2D eigenvalue weighted by Crippen LogP contribution is -2.31. The van der Waals surface area contributed by atoms with Gasteiger partial charge in [0, 0.05) is 47.8 Å². The van der Waals surface area contributed by atoms with Crippen molar-refractivity contribution in [2.24, 2.45) is 0 Å². The number of pyridine rings is 2. The Morgan fingerprint density at radius 1 is 1.29 bits per heavy atom. The van der Waals surface area contributed by atoms with E-state index in [1.807, 2.05) is 12.3 Å². The minimum Gasteiger partial charge on any atom is -0.493 e. The minimum absolute atomic E-state index is 0.174. The number of sulfone groups is 1. The summed E-state index contributed by atoms with van der Waals surface area (Å²) in [5.41, 5.74) is 6.94. The third-order valence-corrected chi connectivity index (χ3v) is 7.83. The van der Waals surface area contributed by atoms with Gasteiger partial charge >= 0.3 is 0 Å². The largest absolute Gasteiger partial charge is 0.493 e. The number of nitrogens with one attached hydrogen (secondary N) is 2. The predicted molar refractivity (Wildman–Crippen MR) is 137 cm³/mol. The van der Waals surface area contributed by atoms with Gasteiger partial charge in [-0.15, -0.1) is 0 Å². The molecule has 0 saturated heterocycles. The van der Waals surface area contributed by atoms with Crippen LogP contribution in [0.2, 0.25) is 0 Å². The second-order valence-corrected chi connectivity index (χ2v) is 12.1. The second kappa shape index (κ2) is 9.23. The molecule has 2 atom stereocenters. The van der Waals surface area contributed by atoms with Crippen LogP contribution in [0.5, 0.6) is 5.75 Å². The van der Waals surface area contributed by atoms with E-state index in [-0.39, 0.29) is 11.7 Å². The number of H-pyrrole nitrogens is 1. The molecule has 0 spiro atoms. The smallest absolute Gasteiger partial charge is 0.197 e. The maximum absolute atomic E-state index is 11.4. The SMILES string of the molecule is COc1cc(-c2[nH]c3ccc(C4CCC(NCCS(C)(=O)=O)C4)nc3c2C(C)C)cn2ncnc12. The van der Waals surface area contributed by atoms with Gasteiger partial charge in [0.05, 0.1) is 29.6 Å². The van der Waals surface area contributed by atoms with Gasteiger partial charge < -0.3 is 15.0 Å². The molecule has 4 aromatic heterocycles. The highest BCUT2D eigenvalue weighted by Gasteiger charge is 2.28. The summed E-state index contributed by atoms with van der Waals surface area (Å²) in [5, 5.41) is 7.72. The number of aromatic nitrogens is 5. The first-order valence-electron chi connectivity index (χ1n) is 12.0. The fourth-order valence-electron chi connectivity index (χ4n) is 5.18. The number of hydrogen-bond donors (Lipinski definition) is 2. The first kappa shape index (κ1) is 23.7. The molecule has 4 aromatic rings. The number of rotatable bonds is 8. The Hall–Kier alpha value is -2.98. The molecule has 9 nitrogen and oxygen atoms in total. The average molecular weight is 497 g/mol. The van der Waals surface area contributed by atoms with Gasteiger partial charge in [-0.3, -0.25) is 4.98 Å². The lowest BCUT2D eigenvalue weighted by Gasteiger charge is -2.13. The van der Waals surface area contributed by atoms with E-state index in [9.17, 15) is 8.42 Å². The van der Waals surface area contributed by atoms with Crippen LogP contribution in [0.1, 0.15) is 56.2 Å². The van der Waals surface area contributed by atoms with Gasteiger partial charge in [0.15, 0.2) is 11.4 Å². The molecule has 4 heterocycles. The van der Waals surface area contributed by atoms with Crippen LogP contribution in [0, 0.1) is 0 Å².